The monoisotopic (exact) mass is 493 g/mol. The molecule has 4 rings (SSSR count). The second-order valence-corrected chi connectivity index (χ2v) is 9.64. The number of rotatable bonds is 8. The molecule has 0 bridgehead atoms. The second kappa shape index (κ2) is 11.0. The lowest BCUT2D eigenvalue weighted by Gasteiger charge is -2.26. The van der Waals surface area contributed by atoms with Crippen LogP contribution in [0.15, 0.2) is 54.6 Å². The molecular formula is C28H32FN3O4. The van der Waals surface area contributed by atoms with Crippen molar-refractivity contribution >= 4 is 11.9 Å². The van der Waals surface area contributed by atoms with Crippen molar-refractivity contribution in [2.75, 3.05) is 7.05 Å². The summed E-state index contributed by atoms with van der Waals surface area (Å²) in [6.45, 7) is 4.45. The van der Waals surface area contributed by atoms with Crippen LogP contribution in [-0.4, -0.2) is 50.9 Å². The van der Waals surface area contributed by atoms with Gasteiger partial charge in [-0.25, -0.2) is 9.07 Å². The Morgan fingerprint density at radius 3 is 2.53 bits per heavy atom. The zero-order valence-electron chi connectivity index (χ0n) is 20.9. The average Bonchev–Trinajstić information content (AvgIpc) is 3.22. The maximum Gasteiger partial charge on any atom is 0.308 e. The highest BCUT2D eigenvalue weighted by Crippen LogP contribution is 2.30. The van der Waals surface area contributed by atoms with Gasteiger partial charge in [-0.1, -0.05) is 44.2 Å². The highest BCUT2D eigenvalue weighted by molar-refractivity contribution is 5.94. The minimum atomic E-state index is -0.716. The lowest BCUT2D eigenvalue weighted by atomic mass is 9.94. The number of carbonyl (C=O) groups is 2. The van der Waals surface area contributed by atoms with Crippen LogP contribution in [0, 0.1) is 5.82 Å². The Morgan fingerprint density at radius 1 is 1.19 bits per heavy atom. The van der Waals surface area contributed by atoms with Gasteiger partial charge in [0.05, 0.1) is 18.2 Å². The van der Waals surface area contributed by atoms with Crippen LogP contribution in [0.25, 0.3) is 5.69 Å². The number of aliphatic hydroxyl groups excluding tert-OH is 1. The van der Waals surface area contributed by atoms with Crippen LogP contribution in [0.1, 0.15) is 66.3 Å². The first kappa shape index (κ1) is 25.6. The smallest absolute Gasteiger partial charge is 0.308 e. The maximum absolute atomic E-state index is 13.7. The molecule has 1 saturated heterocycles. The van der Waals surface area contributed by atoms with E-state index in [0.29, 0.717) is 37.2 Å². The van der Waals surface area contributed by atoms with Crippen LogP contribution in [0.5, 0.6) is 0 Å². The summed E-state index contributed by atoms with van der Waals surface area (Å²) in [4.78, 5) is 27.1. The van der Waals surface area contributed by atoms with E-state index in [2.05, 4.69) is 0 Å². The van der Waals surface area contributed by atoms with Crippen LogP contribution in [0.4, 0.5) is 4.39 Å². The zero-order valence-corrected chi connectivity index (χ0v) is 20.9. The van der Waals surface area contributed by atoms with Crippen LogP contribution in [0.2, 0.25) is 0 Å². The Bertz CT molecular complexity index is 1210. The molecule has 3 aromatic rings. The molecule has 0 aliphatic carbocycles. The summed E-state index contributed by atoms with van der Waals surface area (Å²) in [5.74, 6) is -0.992. The normalized spacial score (nSPS) is 17.8. The fraction of sp³-hybridized carbons (Fsp3) is 0.393. The van der Waals surface area contributed by atoms with Crippen molar-refractivity contribution in [1.29, 1.82) is 0 Å². The Kier molecular flexibility index (Phi) is 7.84. The number of carbonyl (C=O) groups excluding carboxylic acids is 2. The molecule has 7 nitrogen and oxygen atoms in total. The van der Waals surface area contributed by atoms with Gasteiger partial charge >= 0.3 is 5.97 Å². The fourth-order valence-electron chi connectivity index (χ4n) is 4.71. The van der Waals surface area contributed by atoms with Gasteiger partial charge in [0.15, 0.2) is 5.69 Å². The van der Waals surface area contributed by atoms with E-state index >= 15 is 0 Å². The van der Waals surface area contributed by atoms with Gasteiger partial charge in [0, 0.05) is 31.3 Å². The Hall–Kier alpha value is -3.52. The molecule has 8 heteroatoms. The molecule has 1 aliphatic rings. The quantitative estimate of drug-likeness (QED) is 0.470. The number of aromatic nitrogens is 2. The van der Waals surface area contributed by atoms with Crippen molar-refractivity contribution in [3.05, 3.63) is 82.9 Å². The van der Waals surface area contributed by atoms with E-state index in [9.17, 15) is 19.1 Å². The highest BCUT2D eigenvalue weighted by Gasteiger charge is 2.31. The van der Waals surface area contributed by atoms with Gasteiger partial charge in [-0.15, -0.1) is 0 Å². The standard InChI is InChI=1S/C28H32FN3O4/c1-18(2)26-24(14-13-23-15-22(33)16-25(34)36-23)32(21-11-9-20(29)10-12-21)30-27(26)28(35)31(3)17-19-7-5-4-6-8-19/h4-12,18,22-23,33H,13-17H2,1-3H3/t22-,23-/m1/s1. The summed E-state index contributed by atoms with van der Waals surface area (Å²) in [5.41, 5.74) is 3.62. The van der Waals surface area contributed by atoms with Gasteiger partial charge < -0.3 is 14.7 Å². The van der Waals surface area contributed by atoms with E-state index in [0.717, 1.165) is 16.8 Å². The molecule has 0 unspecified atom stereocenters. The molecule has 1 aromatic heterocycles. The second-order valence-electron chi connectivity index (χ2n) is 9.64. The molecule has 2 heterocycles. The first-order valence-corrected chi connectivity index (χ1v) is 12.3. The van der Waals surface area contributed by atoms with E-state index < -0.39 is 18.2 Å². The Labute approximate surface area is 210 Å². The van der Waals surface area contributed by atoms with Gasteiger partial charge in [-0.3, -0.25) is 9.59 Å². The number of aliphatic hydroxyl groups is 1. The summed E-state index contributed by atoms with van der Waals surface area (Å²) in [6.07, 6.45) is 0.192. The molecule has 1 amide bonds. The Balaban J connectivity index is 1.70. The van der Waals surface area contributed by atoms with Crippen LogP contribution >= 0.6 is 0 Å². The number of halogens is 1. The molecule has 1 fully saturated rings. The summed E-state index contributed by atoms with van der Waals surface area (Å²) in [6, 6.07) is 15.7. The molecule has 0 spiro atoms. The van der Waals surface area contributed by atoms with Crippen molar-refractivity contribution in [3.8, 4) is 5.69 Å². The molecule has 2 aromatic carbocycles. The van der Waals surface area contributed by atoms with Crippen molar-refractivity contribution in [3.63, 3.8) is 0 Å². The topological polar surface area (TPSA) is 84.7 Å². The third-order valence-corrected chi connectivity index (χ3v) is 6.42. The summed E-state index contributed by atoms with van der Waals surface area (Å²) >= 11 is 0. The minimum absolute atomic E-state index is 0.00759. The first-order chi connectivity index (χ1) is 17.2. The van der Waals surface area contributed by atoms with Crippen molar-refractivity contribution < 1.29 is 23.8 Å². The first-order valence-electron chi connectivity index (χ1n) is 12.3. The van der Waals surface area contributed by atoms with Crippen molar-refractivity contribution in [2.24, 2.45) is 0 Å². The van der Waals surface area contributed by atoms with Gasteiger partial charge in [0.25, 0.3) is 5.91 Å². The molecule has 0 saturated carbocycles. The summed E-state index contributed by atoms with van der Waals surface area (Å²) in [7, 11) is 1.75. The molecule has 190 valence electrons. The SMILES string of the molecule is CC(C)c1c(C(=O)N(C)Cc2ccccc2)nn(-c2ccc(F)cc2)c1CC[C@@H]1C[C@@H](O)CC(=O)O1. The predicted octanol–water partition coefficient (Wildman–Crippen LogP) is 4.41. The largest absolute Gasteiger partial charge is 0.462 e. The average molecular weight is 494 g/mol. The van der Waals surface area contributed by atoms with Gasteiger partial charge in [-0.05, 0) is 48.6 Å². The van der Waals surface area contributed by atoms with E-state index in [-0.39, 0.29) is 24.1 Å². The van der Waals surface area contributed by atoms with E-state index in [1.807, 2.05) is 44.2 Å². The van der Waals surface area contributed by atoms with Crippen LogP contribution in [-0.2, 0) is 22.5 Å². The van der Waals surface area contributed by atoms with E-state index in [4.69, 9.17) is 9.84 Å². The molecule has 36 heavy (non-hydrogen) atoms. The van der Waals surface area contributed by atoms with E-state index in [1.54, 1.807) is 28.8 Å². The van der Waals surface area contributed by atoms with Gasteiger partial charge in [0.2, 0.25) is 0 Å². The number of hydrogen-bond donors (Lipinski definition) is 1. The van der Waals surface area contributed by atoms with Crippen molar-refractivity contribution in [1.82, 2.24) is 14.7 Å². The van der Waals surface area contributed by atoms with Gasteiger partial charge in [0.1, 0.15) is 11.9 Å². The van der Waals surface area contributed by atoms with Crippen LogP contribution in [0.3, 0.4) is 0 Å². The molecule has 2 atom stereocenters. The third kappa shape index (κ3) is 5.82. The number of nitrogens with zero attached hydrogens (tertiary/aromatic N) is 3. The minimum Gasteiger partial charge on any atom is -0.462 e. The van der Waals surface area contributed by atoms with Crippen LogP contribution < -0.4 is 0 Å². The van der Waals surface area contributed by atoms with E-state index in [1.165, 1.54) is 12.1 Å². The molecule has 1 N–H and O–H groups in total. The number of benzene rings is 2. The number of ether oxygens (including phenoxy) is 1. The number of hydrogen-bond acceptors (Lipinski definition) is 5. The number of cyclic esters (lactones) is 1. The number of amides is 1. The molecule has 1 aliphatic heterocycles. The lowest BCUT2D eigenvalue weighted by molar-refractivity contribution is -0.160. The molecular weight excluding hydrogens is 461 g/mol. The lowest BCUT2D eigenvalue weighted by Crippen LogP contribution is -2.33. The number of esters is 1. The maximum atomic E-state index is 13.7. The third-order valence-electron chi connectivity index (χ3n) is 6.42. The van der Waals surface area contributed by atoms with Gasteiger partial charge in [-0.2, -0.15) is 5.10 Å². The molecule has 0 radical (unpaired) electrons. The fourth-order valence-corrected chi connectivity index (χ4v) is 4.71. The summed E-state index contributed by atoms with van der Waals surface area (Å²) in [5, 5.41) is 14.7. The van der Waals surface area contributed by atoms with Crippen molar-refractivity contribution in [2.45, 2.75) is 64.2 Å². The predicted molar refractivity (Wildman–Crippen MR) is 133 cm³/mol. The zero-order chi connectivity index (χ0) is 25.8. The Morgan fingerprint density at radius 2 is 1.89 bits per heavy atom. The highest BCUT2D eigenvalue weighted by atomic mass is 19.1. The summed E-state index contributed by atoms with van der Waals surface area (Å²) < 4.78 is 20.8.